The molecule has 0 aromatic heterocycles. The summed E-state index contributed by atoms with van der Waals surface area (Å²) >= 11 is 0. The van der Waals surface area contributed by atoms with Crippen LogP contribution in [0.1, 0.15) is 25.7 Å². The number of methoxy groups -OCH3 is 2. The van der Waals surface area contributed by atoms with E-state index in [1.54, 1.807) is 14.2 Å². The molecule has 0 saturated heterocycles. The molecule has 0 bridgehead atoms. The van der Waals surface area contributed by atoms with Crippen molar-refractivity contribution in [2.45, 2.75) is 31.8 Å². The van der Waals surface area contributed by atoms with E-state index in [1.807, 2.05) is 0 Å². The van der Waals surface area contributed by atoms with E-state index in [-0.39, 0.29) is 0 Å². The minimum atomic E-state index is 0.377. The second-order valence-electron chi connectivity index (χ2n) is 2.63. The Morgan fingerprint density at radius 2 is 2.00 bits per heavy atom. The molecule has 0 aliphatic carbocycles. The van der Waals surface area contributed by atoms with Crippen molar-refractivity contribution in [3.8, 4) is 0 Å². The highest BCUT2D eigenvalue weighted by Crippen LogP contribution is 2.07. The van der Waals surface area contributed by atoms with E-state index in [0.29, 0.717) is 6.10 Å². The molecule has 0 rings (SSSR count). The summed E-state index contributed by atoms with van der Waals surface area (Å²) < 4.78 is 10.2. The van der Waals surface area contributed by atoms with Crippen molar-refractivity contribution >= 4 is 0 Å². The van der Waals surface area contributed by atoms with E-state index in [4.69, 9.17) is 9.47 Å². The highest BCUT2D eigenvalue weighted by molar-refractivity contribution is 4.58. The third-order valence-corrected chi connectivity index (χ3v) is 1.73. The number of hydrogen-bond acceptors (Lipinski definition) is 2. The Labute approximate surface area is 69.9 Å². The molecule has 0 aliphatic heterocycles. The summed E-state index contributed by atoms with van der Waals surface area (Å²) in [5.41, 5.74) is 0. The first-order chi connectivity index (χ1) is 5.35. The summed E-state index contributed by atoms with van der Waals surface area (Å²) in [7, 11) is 3.48. The van der Waals surface area contributed by atoms with Gasteiger partial charge < -0.3 is 9.47 Å². The average molecular weight is 159 g/mol. The highest BCUT2D eigenvalue weighted by atomic mass is 16.5. The molecule has 2 heteroatoms. The molecule has 0 saturated carbocycles. The molecule has 0 amide bonds. The fraction of sp³-hybridized carbons (Fsp3) is 0.889. The van der Waals surface area contributed by atoms with Crippen molar-refractivity contribution < 1.29 is 9.47 Å². The maximum atomic E-state index is 5.24. The van der Waals surface area contributed by atoms with E-state index in [1.165, 1.54) is 0 Å². The summed E-state index contributed by atoms with van der Waals surface area (Å²) in [5.74, 6) is 0. The van der Waals surface area contributed by atoms with Crippen LogP contribution in [0.25, 0.3) is 0 Å². The zero-order valence-corrected chi connectivity index (χ0v) is 7.64. The van der Waals surface area contributed by atoms with Crippen LogP contribution in [0, 0.1) is 6.92 Å². The molecular formula is C9H19O2. The molecule has 1 unspecified atom stereocenters. The first kappa shape index (κ1) is 10.9. The van der Waals surface area contributed by atoms with Gasteiger partial charge in [-0.2, -0.15) is 0 Å². The predicted molar refractivity (Wildman–Crippen MR) is 46.5 cm³/mol. The second-order valence-corrected chi connectivity index (χ2v) is 2.63. The Bertz CT molecular complexity index is 74.0. The Morgan fingerprint density at radius 1 is 1.27 bits per heavy atom. The largest absolute Gasteiger partial charge is 0.385 e. The lowest BCUT2D eigenvalue weighted by atomic mass is 10.1. The van der Waals surface area contributed by atoms with Crippen LogP contribution >= 0.6 is 0 Å². The van der Waals surface area contributed by atoms with Gasteiger partial charge in [-0.25, -0.2) is 0 Å². The molecule has 11 heavy (non-hydrogen) atoms. The monoisotopic (exact) mass is 159 g/mol. The summed E-state index contributed by atoms with van der Waals surface area (Å²) in [6.07, 6.45) is 4.54. The van der Waals surface area contributed by atoms with Gasteiger partial charge in [0.1, 0.15) is 0 Å². The minimum Gasteiger partial charge on any atom is -0.385 e. The third-order valence-electron chi connectivity index (χ3n) is 1.73. The number of ether oxygens (including phenoxy) is 2. The molecule has 2 nitrogen and oxygen atoms in total. The normalized spacial score (nSPS) is 13.4. The number of rotatable bonds is 7. The van der Waals surface area contributed by atoms with E-state index in [2.05, 4.69) is 6.92 Å². The molecule has 0 aromatic rings. The molecule has 0 aliphatic rings. The first-order valence-electron chi connectivity index (χ1n) is 4.16. The molecule has 0 heterocycles. The van der Waals surface area contributed by atoms with E-state index in [0.717, 1.165) is 32.3 Å². The van der Waals surface area contributed by atoms with Crippen LogP contribution in [0.4, 0.5) is 0 Å². The highest BCUT2D eigenvalue weighted by Gasteiger charge is 2.04. The van der Waals surface area contributed by atoms with Crippen molar-refractivity contribution in [3.63, 3.8) is 0 Å². The zero-order valence-electron chi connectivity index (χ0n) is 7.64. The van der Waals surface area contributed by atoms with Crippen LogP contribution in [0.3, 0.4) is 0 Å². The van der Waals surface area contributed by atoms with Crippen molar-refractivity contribution in [3.05, 3.63) is 6.92 Å². The van der Waals surface area contributed by atoms with Gasteiger partial charge >= 0.3 is 0 Å². The molecule has 0 N–H and O–H groups in total. The van der Waals surface area contributed by atoms with Crippen LogP contribution in [-0.4, -0.2) is 26.9 Å². The lowest BCUT2D eigenvalue weighted by Crippen LogP contribution is -2.10. The fourth-order valence-corrected chi connectivity index (χ4v) is 1.06. The molecule has 1 radical (unpaired) electrons. The van der Waals surface area contributed by atoms with E-state index < -0.39 is 0 Å². The average Bonchev–Trinajstić information content (AvgIpc) is 2.03. The molecular weight excluding hydrogens is 140 g/mol. The van der Waals surface area contributed by atoms with Crippen LogP contribution in [0.2, 0.25) is 0 Å². The smallest absolute Gasteiger partial charge is 0.0572 e. The van der Waals surface area contributed by atoms with Gasteiger partial charge in [-0.1, -0.05) is 13.3 Å². The Balaban J connectivity index is 3.20. The van der Waals surface area contributed by atoms with Gasteiger partial charge in [0.2, 0.25) is 0 Å². The predicted octanol–water partition coefficient (Wildman–Crippen LogP) is 2.04. The van der Waals surface area contributed by atoms with Crippen molar-refractivity contribution in [2.75, 3.05) is 20.8 Å². The lowest BCUT2D eigenvalue weighted by Gasteiger charge is -2.13. The van der Waals surface area contributed by atoms with Gasteiger partial charge in [-0.05, 0) is 19.3 Å². The van der Waals surface area contributed by atoms with Gasteiger partial charge in [0.05, 0.1) is 6.10 Å². The summed E-state index contributed by atoms with van der Waals surface area (Å²) in [6.45, 7) is 4.62. The van der Waals surface area contributed by atoms with Crippen LogP contribution in [0.15, 0.2) is 0 Å². The fourth-order valence-electron chi connectivity index (χ4n) is 1.06. The van der Waals surface area contributed by atoms with Gasteiger partial charge in [-0.15, -0.1) is 0 Å². The van der Waals surface area contributed by atoms with Crippen molar-refractivity contribution in [1.82, 2.24) is 0 Å². The SMILES string of the molecule is [CH2]CCC(CCCOC)OC. The Hall–Kier alpha value is -0.0800. The Kier molecular flexibility index (Phi) is 7.96. The van der Waals surface area contributed by atoms with Gasteiger partial charge in [0.25, 0.3) is 0 Å². The minimum absolute atomic E-state index is 0.377. The number of hydrogen-bond donors (Lipinski definition) is 0. The second kappa shape index (κ2) is 8.02. The van der Waals surface area contributed by atoms with Gasteiger partial charge in [0.15, 0.2) is 0 Å². The first-order valence-corrected chi connectivity index (χ1v) is 4.16. The quantitative estimate of drug-likeness (QED) is 0.529. The Morgan fingerprint density at radius 3 is 2.45 bits per heavy atom. The van der Waals surface area contributed by atoms with E-state index >= 15 is 0 Å². The summed E-state index contributed by atoms with van der Waals surface area (Å²) in [5, 5.41) is 0. The van der Waals surface area contributed by atoms with Crippen molar-refractivity contribution in [2.24, 2.45) is 0 Å². The third kappa shape index (κ3) is 6.32. The molecule has 0 aromatic carbocycles. The topological polar surface area (TPSA) is 18.5 Å². The van der Waals surface area contributed by atoms with Crippen LogP contribution in [-0.2, 0) is 9.47 Å². The van der Waals surface area contributed by atoms with Crippen LogP contribution < -0.4 is 0 Å². The maximum absolute atomic E-state index is 5.24. The van der Waals surface area contributed by atoms with Crippen molar-refractivity contribution in [1.29, 1.82) is 0 Å². The van der Waals surface area contributed by atoms with Crippen LogP contribution in [0.5, 0.6) is 0 Å². The molecule has 0 fully saturated rings. The standard InChI is InChI=1S/C9H19O2/c1-4-6-9(11-3)7-5-8-10-2/h9H,1,4-8H2,2-3H3. The summed E-state index contributed by atoms with van der Waals surface area (Å²) in [6, 6.07) is 0. The van der Waals surface area contributed by atoms with Gasteiger partial charge in [0, 0.05) is 20.8 Å². The lowest BCUT2D eigenvalue weighted by molar-refractivity contribution is 0.0776. The molecule has 67 valence electrons. The molecule has 1 atom stereocenters. The molecule has 0 spiro atoms. The summed E-state index contributed by atoms with van der Waals surface area (Å²) in [4.78, 5) is 0. The maximum Gasteiger partial charge on any atom is 0.0572 e. The van der Waals surface area contributed by atoms with Gasteiger partial charge in [-0.3, -0.25) is 0 Å². The van der Waals surface area contributed by atoms with E-state index in [9.17, 15) is 0 Å². The zero-order chi connectivity index (χ0) is 8.53.